The van der Waals surface area contributed by atoms with Gasteiger partial charge in [0.2, 0.25) is 0 Å². The summed E-state index contributed by atoms with van der Waals surface area (Å²) in [6.07, 6.45) is 1.91. The van der Waals surface area contributed by atoms with E-state index in [1.165, 1.54) is 4.90 Å². The van der Waals surface area contributed by atoms with Crippen LogP contribution in [-0.2, 0) is 9.53 Å². The molecule has 0 radical (unpaired) electrons. The minimum absolute atomic E-state index is 0.00242. The summed E-state index contributed by atoms with van der Waals surface area (Å²) in [5.41, 5.74) is -1.13. The van der Waals surface area contributed by atoms with E-state index in [1.807, 2.05) is 34.6 Å². The van der Waals surface area contributed by atoms with E-state index in [0.29, 0.717) is 0 Å². The molecule has 18 heavy (non-hydrogen) atoms. The zero-order valence-corrected chi connectivity index (χ0v) is 12.4. The molecule has 0 aromatic rings. The van der Waals surface area contributed by atoms with Gasteiger partial charge < -0.3 is 4.74 Å². The molecule has 4 heteroatoms. The third-order valence-corrected chi connectivity index (χ3v) is 3.55. The predicted octanol–water partition coefficient (Wildman–Crippen LogP) is 3.00. The molecule has 1 rings (SSSR count). The quantitative estimate of drug-likeness (QED) is 0.775. The van der Waals surface area contributed by atoms with Gasteiger partial charge in [0.05, 0.1) is 0 Å². The van der Waals surface area contributed by atoms with Crippen molar-refractivity contribution in [3.63, 3.8) is 0 Å². The largest absolute Gasteiger partial charge is 0.444 e. The molecular formula is C14H25NO3. The molecule has 0 aromatic heterocycles. The SMILES string of the molecule is CCC(C)C(=O)C1(N(C)C(=O)OC(C)(C)C)CC1. The Bertz CT molecular complexity index is 339. The topological polar surface area (TPSA) is 46.6 Å². The lowest BCUT2D eigenvalue weighted by atomic mass is 9.95. The molecule has 1 atom stereocenters. The van der Waals surface area contributed by atoms with E-state index in [9.17, 15) is 9.59 Å². The standard InChI is InChI=1S/C14H25NO3/c1-7-10(2)11(16)14(8-9-14)15(6)12(17)18-13(3,4)5/h10H,7-9H2,1-6H3. The molecule has 1 saturated carbocycles. The Hall–Kier alpha value is -1.06. The highest BCUT2D eigenvalue weighted by atomic mass is 16.6. The monoisotopic (exact) mass is 255 g/mol. The van der Waals surface area contributed by atoms with Gasteiger partial charge in [0, 0.05) is 13.0 Å². The molecule has 104 valence electrons. The van der Waals surface area contributed by atoms with Crippen molar-refractivity contribution in [2.45, 2.75) is 65.0 Å². The van der Waals surface area contributed by atoms with E-state index in [1.54, 1.807) is 7.05 Å². The van der Waals surface area contributed by atoms with Crippen LogP contribution in [0.4, 0.5) is 4.79 Å². The zero-order chi connectivity index (χ0) is 14.1. The van der Waals surface area contributed by atoms with Gasteiger partial charge in [-0.1, -0.05) is 13.8 Å². The van der Waals surface area contributed by atoms with Crippen molar-refractivity contribution in [2.24, 2.45) is 5.92 Å². The van der Waals surface area contributed by atoms with Crippen molar-refractivity contribution >= 4 is 11.9 Å². The smallest absolute Gasteiger partial charge is 0.410 e. The second-order valence-electron chi connectivity index (χ2n) is 6.24. The van der Waals surface area contributed by atoms with Crippen LogP contribution in [0.25, 0.3) is 0 Å². The van der Waals surface area contributed by atoms with Gasteiger partial charge in [-0.15, -0.1) is 0 Å². The number of nitrogens with zero attached hydrogens (tertiary/aromatic N) is 1. The number of carbonyl (C=O) groups is 2. The second-order valence-corrected chi connectivity index (χ2v) is 6.24. The molecule has 0 bridgehead atoms. The Morgan fingerprint density at radius 3 is 2.17 bits per heavy atom. The Labute approximate surface area is 110 Å². The van der Waals surface area contributed by atoms with Crippen LogP contribution in [0.5, 0.6) is 0 Å². The van der Waals surface area contributed by atoms with Crippen LogP contribution >= 0.6 is 0 Å². The molecule has 1 fully saturated rings. The molecule has 0 N–H and O–H groups in total. The number of ether oxygens (including phenoxy) is 1. The Morgan fingerprint density at radius 1 is 1.33 bits per heavy atom. The van der Waals surface area contributed by atoms with Gasteiger partial charge in [-0.2, -0.15) is 0 Å². The van der Waals surface area contributed by atoms with E-state index < -0.39 is 17.2 Å². The number of rotatable bonds is 4. The van der Waals surface area contributed by atoms with E-state index >= 15 is 0 Å². The fourth-order valence-corrected chi connectivity index (χ4v) is 2.01. The van der Waals surface area contributed by atoms with Gasteiger partial charge in [0.15, 0.2) is 5.78 Å². The molecule has 1 unspecified atom stereocenters. The number of ketones is 1. The van der Waals surface area contributed by atoms with Gasteiger partial charge in [-0.05, 0) is 40.0 Å². The normalized spacial score (nSPS) is 19.0. The maximum atomic E-state index is 12.3. The van der Waals surface area contributed by atoms with E-state index in [4.69, 9.17) is 4.74 Å². The van der Waals surface area contributed by atoms with Crippen LogP contribution in [0.15, 0.2) is 0 Å². The number of likely N-dealkylation sites (N-methyl/N-ethyl adjacent to an activating group) is 1. The summed E-state index contributed by atoms with van der Waals surface area (Å²) in [6.45, 7) is 9.40. The molecule has 0 aromatic carbocycles. The summed E-state index contributed by atoms with van der Waals surface area (Å²) in [4.78, 5) is 25.8. The molecule has 0 aliphatic heterocycles. The Morgan fingerprint density at radius 2 is 1.83 bits per heavy atom. The Kier molecular flexibility index (Phi) is 4.08. The van der Waals surface area contributed by atoms with E-state index in [-0.39, 0.29) is 11.7 Å². The van der Waals surface area contributed by atoms with Crippen LogP contribution < -0.4 is 0 Å². The van der Waals surface area contributed by atoms with Crippen LogP contribution in [0.2, 0.25) is 0 Å². The predicted molar refractivity (Wildman–Crippen MR) is 70.4 cm³/mol. The first-order valence-corrected chi connectivity index (χ1v) is 6.65. The fourth-order valence-electron chi connectivity index (χ4n) is 2.01. The van der Waals surface area contributed by atoms with Gasteiger partial charge in [-0.3, -0.25) is 9.69 Å². The van der Waals surface area contributed by atoms with Crippen molar-refractivity contribution in [1.82, 2.24) is 4.90 Å². The molecule has 1 aliphatic carbocycles. The average Bonchev–Trinajstić information content (AvgIpc) is 3.04. The average molecular weight is 255 g/mol. The van der Waals surface area contributed by atoms with Crippen LogP contribution in [0.3, 0.4) is 0 Å². The first kappa shape index (κ1) is 15.0. The molecule has 0 saturated heterocycles. The van der Waals surface area contributed by atoms with Gasteiger partial charge in [0.1, 0.15) is 11.1 Å². The van der Waals surface area contributed by atoms with Gasteiger partial charge in [0.25, 0.3) is 0 Å². The molecule has 1 aliphatic rings. The van der Waals surface area contributed by atoms with Crippen LogP contribution in [-0.4, -0.2) is 35.0 Å². The summed E-state index contributed by atoms with van der Waals surface area (Å²) in [5.74, 6) is 0.163. The van der Waals surface area contributed by atoms with E-state index in [0.717, 1.165) is 19.3 Å². The minimum Gasteiger partial charge on any atom is -0.444 e. The fraction of sp³-hybridized carbons (Fsp3) is 0.857. The van der Waals surface area contributed by atoms with Crippen molar-refractivity contribution in [3.8, 4) is 0 Å². The van der Waals surface area contributed by atoms with Crippen molar-refractivity contribution in [2.75, 3.05) is 7.05 Å². The molecular weight excluding hydrogens is 230 g/mol. The lowest BCUT2D eigenvalue weighted by Crippen LogP contribution is -2.48. The summed E-state index contributed by atoms with van der Waals surface area (Å²) in [6, 6.07) is 0. The number of amides is 1. The molecule has 4 nitrogen and oxygen atoms in total. The second kappa shape index (κ2) is 4.90. The number of hydrogen-bond donors (Lipinski definition) is 0. The number of Topliss-reactive ketones (excluding diaryl/α,β-unsaturated/α-hetero) is 1. The highest BCUT2D eigenvalue weighted by Gasteiger charge is 2.56. The Balaban J connectivity index is 2.75. The first-order chi connectivity index (χ1) is 8.14. The first-order valence-electron chi connectivity index (χ1n) is 6.65. The number of hydrogen-bond acceptors (Lipinski definition) is 3. The molecule has 0 spiro atoms. The van der Waals surface area contributed by atoms with Gasteiger partial charge in [-0.25, -0.2) is 4.79 Å². The maximum absolute atomic E-state index is 12.3. The molecule has 0 heterocycles. The third kappa shape index (κ3) is 3.03. The lowest BCUT2D eigenvalue weighted by molar-refractivity contribution is -0.128. The minimum atomic E-state index is -0.599. The highest BCUT2D eigenvalue weighted by molar-refractivity contribution is 5.95. The summed E-state index contributed by atoms with van der Waals surface area (Å²) in [7, 11) is 1.67. The number of carbonyl (C=O) groups excluding carboxylic acids is 2. The van der Waals surface area contributed by atoms with Crippen molar-refractivity contribution in [3.05, 3.63) is 0 Å². The van der Waals surface area contributed by atoms with Crippen LogP contribution in [0, 0.1) is 5.92 Å². The van der Waals surface area contributed by atoms with Crippen molar-refractivity contribution in [1.29, 1.82) is 0 Å². The van der Waals surface area contributed by atoms with Gasteiger partial charge >= 0.3 is 6.09 Å². The maximum Gasteiger partial charge on any atom is 0.410 e. The summed E-state index contributed by atoms with van der Waals surface area (Å²) < 4.78 is 5.32. The lowest BCUT2D eigenvalue weighted by Gasteiger charge is -2.31. The zero-order valence-electron chi connectivity index (χ0n) is 12.4. The summed E-state index contributed by atoms with van der Waals surface area (Å²) >= 11 is 0. The van der Waals surface area contributed by atoms with E-state index in [2.05, 4.69) is 0 Å². The van der Waals surface area contributed by atoms with Crippen molar-refractivity contribution < 1.29 is 14.3 Å². The summed E-state index contributed by atoms with van der Waals surface area (Å²) in [5, 5.41) is 0. The molecule has 1 amide bonds. The highest BCUT2D eigenvalue weighted by Crippen LogP contribution is 2.44. The van der Waals surface area contributed by atoms with Crippen LogP contribution in [0.1, 0.15) is 53.9 Å². The third-order valence-electron chi connectivity index (χ3n) is 3.55.